The quantitative estimate of drug-likeness (QED) is 0.223. The summed E-state index contributed by atoms with van der Waals surface area (Å²) < 4.78 is 82.5. The second kappa shape index (κ2) is 11.9. The largest absolute Gasteiger partial charge is 0.416 e. The summed E-state index contributed by atoms with van der Waals surface area (Å²) in [5.74, 6) is -1.64. The minimum atomic E-state index is -5.14. The zero-order valence-corrected chi connectivity index (χ0v) is 23.4. The lowest BCUT2D eigenvalue weighted by molar-refractivity contribution is -0.143. The van der Waals surface area contributed by atoms with E-state index in [1.807, 2.05) is 20.8 Å². The highest BCUT2D eigenvalue weighted by molar-refractivity contribution is 5.99. The van der Waals surface area contributed by atoms with E-state index in [0.717, 1.165) is 4.90 Å². The van der Waals surface area contributed by atoms with E-state index in [1.165, 1.54) is 4.68 Å². The van der Waals surface area contributed by atoms with Crippen molar-refractivity contribution in [3.05, 3.63) is 113 Å². The van der Waals surface area contributed by atoms with E-state index in [4.69, 9.17) is 0 Å². The smallest absolute Gasteiger partial charge is 0.325 e. The van der Waals surface area contributed by atoms with Crippen molar-refractivity contribution in [1.29, 1.82) is 0 Å². The third kappa shape index (κ3) is 7.82. The van der Waals surface area contributed by atoms with Crippen LogP contribution in [0, 0.1) is 0 Å². The number of carbonyl (C=O) groups is 2. The molecule has 0 saturated carbocycles. The van der Waals surface area contributed by atoms with Crippen molar-refractivity contribution < 1.29 is 35.9 Å². The Morgan fingerprint density at radius 3 is 1.84 bits per heavy atom. The van der Waals surface area contributed by atoms with Crippen LogP contribution in [0.4, 0.5) is 32.2 Å². The number of carbonyl (C=O) groups excluding carboxylic acids is 2. The molecule has 43 heavy (non-hydrogen) atoms. The van der Waals surface area contributed by atoms with Gasteiger partial charge in [-0.05, 0) is 35.9 Å². The molecular weight excluding hydrogens is 574 g/mol. The number of rotatable bonds is 7. The van der Waals surface area contributed by atoms with Crippen molar-refractivity contribution in [2.75, 3.05) is 11.9 Å². The second-order valence-electron chi connectivity index (χ2n) is 10.9. The molecule has 4 rings (SSSR count). The van der Waals surface area contributed by atoms with Crippen LogP contribution in [0.2, 0.25) is 0 Å². The molecule has 0 aliphatic rings. The van der Waals surface area contributed by atoms with Crippen LogP contribution in [0.5, 0.6) is 0 Å². The fourth-order valence-electron chi connectivity index (χ4n) is 4.22. The van der Waals surface area contributed by atoms with Crippen molar-refractivity contribution in [3.8, 4) is 5.69 Å². The van der Waals surface area contributed by atoms with Crippen LogP contribution in [0.3, 0.4) is 0 Å². The van der Waals surface area contributed by atoms with Gasteiger partial charge in [0.25, 0.3) is 5.91 Å². The normalized spacial score (nSPS) is 12.2. The van der Waals surface area contributed by atoms with Gasteiger partial charge in [0, 0.05) is 23.6 Å². The first-order valence-corrected chi connectivity index (χ1v) is 13.1. The molecule has 0 fully saturated rings. The van der Waals surface area contributed by atoms with Crippen molar-refractivity contribution >= 4 is 17.6 Å². The van der Waals surface area contributed by atoms with Crippen LogP contribution in [-0.2, 0) is 29.1 Å². The summed E-state index contributed by atoms with van der Waals surface area (Å²) in [5.41, 5.74) is -2.71. The Labute approximate surface area is 243 Å². The van der Waals surface area contributed by atoms with E-state index >= 15 is 0 Å². The maximum absolute atomic E-state index is 13.5. The highest BCUT2D eigenvalue weighted by Crippen LogP contribution is 2.36. The number of nitrogens with zero attached hydrogens (tertiary/aromatic N) is 3. The van der Waals surface area contributed by atoms with Crippen molar-refractivity contribution in [2.45, 2.75) is 45.1 Å². The van der Waals surface area contributed by atoms with Crippen molar-refractivity contribution in [3.63, 3.8) is 0 Å². The number of para-hydroxylation sites is 1. The number of hydrogen-bond acceptors (Lipinski definition) is 3. The average Bonchev–Trinajstić information content (AvgIpc) is 3.36. The third-order valence-corrected chi connectivity index (χ3v) is 6.42. The fourth-order valence-corrected chi connectivity index (χ4v) is 4.22. The number of nitrogens with one attached hydrogen (secondary N) is 1. The lowest BCUT2D eigenvalue weighted by atomic mass is 9.92. The van der Waals surface area contributed by atoms with Crippen LogP contribution >= 0.6 is 0 Å². The summed E-state index contributed by atoms with van der Waals surface area (Å²) >= 11 is 0. The maximum atomic E-state index is 13.5. The Hall–Kier alpha value is -4.61. The number of hydrogen-bond donors (Lipinski definition) is 1. The average molecular weight is 603 g/mol. The van der Waals surface area contributed by atoms with Gasteiger partial charge < -0.3 is 10.2 Å². The Bertz CT molecular complexity index is 1560. The molecule has 0 bridgehead atoms. The van der Waals surface area contributed by atoms with E-state index in [9.17, 15) is 35.9 Å². The number of anilines is 1. The van der Waals surface area contributed by atoms with Crippen molar-refractivity contribution in [1.82, 2.24) is 14.7 Å². The highest BCUT2D eigenvalue weighted by Gasteiger charge is 2.38. The van der Waals surface area contributed by atoms with E-state index < -0.39 is 52.8 Å². The topological polar surface area (TPSA) is 67.2 Å². The van der Waals surface area contributed by atoms with Gasteiger partial charge in [-0.1, -0.05) is 69.3 Å². The van der Waals surface area contributed by atoms with Gasteiger partial charge in [-0.3, -0.25) is 9.59 Å². The lowest BCUT2D eigenvalue weighted by Gasteiger charge is -2.24. The zero-order chi connectivity index (χ0) is 31.6. The van der Waals surface area contributed by atoms with Gasteiger partial charge >= 0.3 is 12.4 Å². The number of aromatic nitrogens is 2. The molecule has 4 aromatic rings. The molecule has 0 saturated heterocycles. The molecule has 1 aromatic heterocycles. The molecule has 0 atom stereocenters. The Balaban J connectivity index is 1.70. The van der Waals surface area contributed by atoms with E-state index in [1.54, 1.807) is 66.7 Å². The molecule has 6 nitrogen and oxygen atoms in total. The molecule has 12 heteroatoms. The van der Waals surface area contributed by atoms with Gasteiger partial charge in [0.15, 0.2) is 0 Å². The highest BCUT2D eigenvalue weighted by atomic mass is 19.4. The van der Waals surface area contributed by atoms with Gasteiger partial charge in [-0.25, -0.2) is 4.68 Å². The minimum Gasteiger partial charge on any atom is -0.325 e. The first kappa shape index (κ1) is 31.3. The van der Waals surface area contributed by atoms with Gasteiger partial charge in [-0.2, -0.15) is 31.4 Å². The molecule has 2 amide bonds. The molecule has 0 aliphatic carbocycles. The monoisotopic (exact) mass is 602 g/mol. The summed E-state index contributed by atoms with van der Waals surface area (Å²) in [5, 5.41) is 7.31. The first-order valence-electron chi connectivity index (χ1n) is 13.1. The van der Waals surface area contributed by atoms with Crippen LogP contribution < -0.4 is 5.32 Å². The van der Waals surface area contributed by atoms with Crippen LogP contribution in [0.25, 0.3) is 5.69 Å². The first-order chi connectivity index (χ1) is 20.0. The van der Waals surface area contributed by atoms with Gasteiger partial charge in [0.1, 0.15) is 12.4 Å². The fraction of sp³-hybridized carbons (Fsp3) is 0.258. The molecule has 1 N–H and O–H groups in total. The number of alkyl halides is 6. The third-order valence-electron chi connectivity index (χ3n) is 6.42. The molecule has 0 aliphatic heterocycles. The molecular formula is C31H28F6N4O2. The summed E-state index contributed by atoms with van der Waals surface area (Å²) in [6, 6.07) is 19.5. The molecule has 226 valence electrons. The summed E-state index contributed by atoms with van der Waals surface area (Å²) in [4.78, 5) is 27.7. The van der Waals surface area contributed by atoms with E-state index in [0.29, 0.717) is 29.1 Å². The second-order valence-corrected chi connectivity index (χ2v) is 10.9. The van der Waals surface area contributed by atoms with Crippen molar-refractivity contribution in [2.24, 2.45) is 0 Å². The number of amides is 2. The Kier molecular flexibility index (Phi) is 8.70. The van der Waals surface area contributed by atoms with Gasteiger partial charge in [0.05, 0.1) is 22.5 Å². The number of benzene rings is 3. The SMILES string of the molecule is CC(C)(C)c1cc(NC(=O)CN(Cc2ccccc2)C(=O)c2cc(C(F)(F)F)cc(C(F)(F)F)c2)n(-c2ccccc2)n1. The van der Waals surface area contributed by atoms with Gasteiger partial charge in [0.2, 0.25) is 5.91 Å². The number of halogens is 6. The Morgan fingerprint density at radius 2 is 1.33 bits per heavy atom. The molecule has 0 spiro atoms. The van der Waals surface area contributed by atoms with Crippen LogP contribution in [0.1, 0.15) is 53.5 Å². The van der Waals surface area contributed by atoms with Gasteiger partial charge in [-0.15, -0.1) is 0 Å². The summed E-state index contributed by atoms with van der Waals surface area (Å²) in [6.07, 6.45) is -10.3. The molecule has 1 heterocycles. The summed E-state index contributed by atoms with van der Waals surface area (Å²) in [6.45, 7) is 4.87. The Morgan fingerprint density at radius 1 is 0.791 bits per heavy atom. The lowest BCUT2D eigenvalue weighted by Crippen LogP contribution is -2.38. The predicted octanol–water partition coefficient (Wildman–Crippen LogP) is 7.49. The standard InChI is InChI=1S/C31H28F6N4O2/c1-29(2,3)25-17-26(41(39-25)24-12-8-5-9-13-24)38-27(42)19-40(18-20-10-6-4-7-11-20)28(43)21-14-22(30(32,33)34)16-23(15-21)31(35,36)37/h4-17H,18-19H2,1-3H3,(H,38,42). The molecule has 0 unspecified atom stereocenters. The van der Waals surface area contributed by atoms with Crippen LogP contribution in [-0.4, -0.2) is 33.0 Å². The van der Waals surface area contributed by atoms with Crippen LogP contribution in [0.15, 0.2) is 84.9 Å². The molecule has 3 aromatic carbocycles. The predicted molar refractivity (Wildman–Crippen MR) is 149 cm³/mol. The summed E-state index contributed by atoms with van der Waals surface area (Å²) in [7, 11) is 0. The van der Waals surface area contributed by atoms with E-state index in [-0.39, 0.29) is 18.4 Å². The molecule has 0 radical (unpaired) electrons. The minimum absolute atomic E-state index is 0.0530. The zero-order valence-electron chi connectivity index (χ0n) is 23.4. The van der Waals surface area contributed by atoms with E-state index in [2.05, 4.69) is 10.4 Å². The maximum Gasteiger partial charge on any atom is 0.416 e.